The van der Waals surface area contributed by atoms with E-state index in [0.29, 0.717) is 6.10 Å². The fraction of sp³-hybridized carbons (Fsp3) is 1.00. The van der Waals surface area contributed by atoms with E-state index in [9.17, 15) is 0 Å². The maximum absolute atomic E-state index is 5.24. The minimum absolute atomic E-state index is 0.579. The molecule has 0 aromatic carbocycles. The van der Waals surface area contributed by atoms with Crippen LogP contribution >= 0.6 is 0 Å². The number of methoxy groups -OCH3 is 1. The van der Waals surface area contributed by atoms with Crippen molar-refractivity contribution >= 4 is 0 Å². The Bertz CT molecular complexity index is 70.6. The molecule has 1 fully saturated rings. The molecule has 0 unspecified atom stereocenters. The summed E-state index contributed by atoms with van der Waals surface area (Å²) in [5.74, 6) is 0.954. The normalized spacial score (nSPS) is 35.3. The zero-order valence-corrected chi connectivity index (χ0v) is 6.39. The largest absolute Gasteiger partial charge is 0.381 e. The molecule has 1 aliphatic rings. The van der Waals surface area contributed by atoms with Crippen molar-refractivity contribution in [3.63, 3.8) is 0 Å². The molecule has 0 saturated heterocycles. The zero-order chi connectivity index (χ0) is 6.69. The van der Waals surface area contributed by atoms with Gasteiger partial charge >= 0.3 is 0 Å². The highest BCUT2D eigenvalue weighted by Crippen LogP contribution is 2.29. The van der Waals surface area contributed by atoms with Crippen molar-refractivity contribution in [2.75, 3.05) is 7.11 Å². The van der Waals surface area contributed by atoms with Gasteiger partial charge in [-0.3, -0.25) is 0 Å². The standard InChI is InChI=1S/C8H16O/c1-3-7-4-5-8(6-7)9-2/h7-8H,3-6H2,1-2H3/t7-,8+/m0/s1. The van der Waals surface area contributed by atoms with Crippen LogP contribution in [0.2, 0.25) is 0 Å². The molecule has 1 saturated carbocycles. The highest BCUT2D eigenvalue weighted by molar-refractivity contribution is 4.74. The van der Waals surface area contributed by atoms with Crippen molar-refractivity contribution < 1.29 is 4.74 Å². The Kier molecular flexibility index (Phi) is 2.52. The molecule has 0 bridgehead atoms. The second-order valence-electron chi connectivity index (χ2n) is 2.95. The average molecular weight is 128 g/mol. The smallest absolute Gasteiger partial charge is 0.0574 e. The predicted octanol–water partition coefficient (Wildman–Crippen LogP) is 2.21. The third-order valence-corrected chi connectivity index (χ3v) is 2.40. The van der Waals surface area contributed by atoms with E-state index in [2.05, 4.69) is 6.92 Å². The molecule has 0 N–H and O–H groups in total. The van der Waals surface area contributed by atoms with Crippen LogP contribution < -0.4 is 0 Å². The Hall–Kier alpha value is -0.0400. The van der Waals surface area contributed by atoms with Gasteiger partial charge in [0.15, 0.2) is 0 Å². The summed E-state index contributed by atoms with van der Waals surface area (Å²) in [5, 5.41) is 0. The molecule has 1 rings (SSSR count). The van der Waals surface area contributed by atoms with Gasteiger partial charge in [-0.05, 0) is 25.2 Å². The molecule has 1 aliphatic carbocycles. The van der Waals surface area contributed by atoms with Crippen LogP contribution in [0.3, 0.4) is 0 Å². The van der Waals surface area contributed by atoms with E-state index in [-0.39, 0.29) is 0 Å². The van der Waals surface area contributed by atoms with Crippen LogP contribution in [0.4, 0.5) is 0 Å². The van der Waals surface area contributed by atoms with E-state index in [4.69, 9.17) is 4.74 Å². The van der Waals surface area contributed by atoms with Gasteiger partial charge in [-0.15, -0.1) is 0 Å². The summed E-state index contributed by atoms with van der Waals surface area (Å²) < 4.78 is 5.24. The van der Waals surface area contributed by atoms with E-state index >= 15 is 0 Å². The van der Waals surface area contributed by atoms with Gasteiger partial charge in [0.1, 0.15) is 0 Å². The van der Waals surface area contributed by atoms with Gasteiger partial charge in [0.2, 0.25) is 0 Å². The molecular formula is C8H16O. The maximum Gasteiger partial charge on any atom is 0.0574 e. The molecule has 0 aliphatic heterocycles. The van der Waals surface area contributed by atoms with Gasteiger partial charge < -0.3 is 4.74 Å². The topological polar surface area (TPSA) is 9.23 Å². The zero-order valence-electron chi connectivity index (χ0n) is 6.39. The van der Waals surface area contributed by atoms with Gasteiger partial charge in [0, 0.05) is 7.11 Å². The van der Waals surface area contributed by atoms with Crippen LogP contribution in [0.5, 0.6) is 0 Å². The van der Waals surface area contributed by atoms with Gasteiger partial charge in [0.05, 0.1) is 6.10 Å². The first-order valence-corrected chi connectivity index (χ1v) is 3.89. The van der Waals surface area contributed by atoms with E-state index < -0.39 is 0 Å². The summed E-state index contributed by atoms with van der Waals surface area (Å²) in [4.78, 5) is 0. The third kappa shape index (κ3) is 1.68. The Morgan fingerprint density at radius 3 is 2.56 bits per heavy atom. The van der Waals surface area contributed by atoms with Crippen molar-refractivity contribution in [1.82, 2.24) is 0 Å². The van der Waals surface area contributed by atoms with Gasteiger partial charge in [0.25, 0.3) is 0 Å². The van der Waals surface area contributed by atoms with Crippen LogP contribution in [0.25, 0.3) is 0 Å². The second-order valence-corrected chi connectivity index (χ2v) is 2.95. The Balaban J connectivity index is 2.20. The summed E-state index contributed by atoms with van der Waals surface area (Å²) in [6.45, 7) is 2.27. The molecule has 54 valence electrons. The van der Waals surface area contributed by atoms with Crippen LogP contribution in [0.1, 0.15) is 32.6 Å². The number of ether oxygens (including phenoxy) is 1. The van der Waals surface area contributed by atoms with Crippen LogP contribution in [-0.4, -0.2) is 13.2 Å². The van der Waals surface area contributed by atoms with Crippen molar-refractivity contribution in [2.45, 2.75) is 38.7 Å². The molecule has 1 heteroatoms. The summed E-state index contributed by atoms with van der Waals surface area (Å²) in [6.07, 6.45) is 5.88. The van der Waals surface area contributed by atoms with E-state index in [1.807, 2.05) is 7.11 Å². The molecule has 0 spiro atoms. The fourth-order valence-corrected chi connectivity index (χ4v) is 1.61. The van der Waals surface area contributed by atoms with Crippen molar-refractivity contribution in [3.05, 3.63) is 0 Å². The maximum atomic E-state index is 5.24. The van der Waals surface area contributed by atoms with Crippen molar-refractivity contribution in [3.8, 4) is 0 Å². The molecule has 0 radical (unpaired) electrons. The lowest BCUT2D eigenvalue weighted by Gasteiger charge is -2.06. The third-order valence-electron chi connectivity index (χ3n) is 2.40. The minimum Gasteiger partial charge on any atom is -0.381 e. The van der Waals surface area contributed by atoms with Gasteiger partial charge in [-0.25, -0.2) is 0 Å². The van der Waals surface area contributed by atoms with E-state index in [1.54, 1.807) is 0 Å². The predicted molar refractivity (Wildman–Crippen MR) is 38.4 cm³/mol. The van der Waals surface area contributed by atoms with Gasteiger partial charge in [-0.1, -0.05) is 13.3 Å². The lowest BCUT2D eigenvalue weighted by molar-refractivity contribution is 0.105. The molecule has 0 aromatic rings. The van der Waals surface area contributed by atoms with Crippen LogP contribution in [0.15, 0.2) is 0 Å². The molecule has 0 heterocycles. The Morgan fingerprint density at radius 1 is 1.44 bits per heavy atom. The van der Waals surface area contributed by atoms with E-state index in [0.717, 1.165) is 5.92 Å². The Morgan fingerprint density at radius 2 is 2.22 bits per heavy atom. The van der Waals surface area contributed by atoms with Crippen LogP contribution in [-0.2, 0) is 4.74 Å². The quantitative estimate of drug-likeness (QED) is 0.554. The highest BCUT2D eigenvalue weighted by Gasteiger charge is 2.22. The van der Waals surface area contributed by atoms with Crippen molar-refractivity contribution in [2.24, 2.45) is 5.92 Å². The molecule has 0 aromatic heterocycles. The number of hydrogen-bond donors (Lipinski definition) is 0. The Labute approximate surface area is 57.4 Å². The SMILES string of the molecule is CC[C@H]1CC[C@@H](OC)C1. The monoisotopic (exact) mass is 128 g/mol. The first-order valence-electron chi connectivity index (χ1n) is 3.89. The molecule has 9 heavy (non-hydrogen) atoms. The molecule has 1 nitrogen and oxygen atoms in total. The number of hydrogen-bond acceptors (Lipinski definition) is 1. The fourth-order valence-electron chi connectivity index (χ4n) is 1.61. The lowest BCUT2D eigenvalue weighted by atomic mass is 10.1. The average Bonchev–Trinajstić information content (AvgIpc) is 2.34. The van der Waals surface area contributed by atoms with E-state index in [1.165, 1.54) is 25.7 Å². The van der Waals surface area contributed by atoms with Gasteiger partial charge in [-0.2, -0.15) is 0 Å². The summed E-state index contributed by atoms with van der Waals surface area (Å²) in [5.41, 5.74) is 0. The minimum atomic E-state index is 0.579. The first kappa shape index (κ1) is 7.07. The molecule has 2 atom stereocenters. The second kappa shape index (κ2) is 3.21. The van der Waals surface area contributed by atoms with Crippen LogP contribution in [0, 0.1) is 5.92 Å². The summed E-state index contributed by atoms with van der Waals surface area (Å²) in [7, 11) is 1.82. The first-order chi connectivity index (χ1) is 4.36. The van der Waals surface area contributed by atoms with Crippen molar-refractivity contribution in [1.29, 1.82) is 0 Å². The summed E-state index contributed by atoms with van der Waals surface area (Å²) >= 11 is 0. The molecular weight excluding hydrogens is 112 g/mol. The number of rotatable bonds is 2. The molecule has 0 amide bonds. The lowest BCUT2D eigenvalue weighted by Crippen LogP contribution is -2.04. The summed E-state index contributed by atoms with van der Waals surface area (Å²) in [6, 6.07) is 0. The highest BCUT2D eigenvalue weighted by atomic mass is 16.5.